The van der Waals surface area contributed by atoms with Crippen molar-refractivity contribution in [3.63, 3.8) is 0 Å². The molecule has 0 aromatic heterocycles. The van der Waals surface area contributed by atoms with Crippen LogP contribution in [0.4, 0.5) is 4.79 Å². The monoisotopic (exact) mass is 305 g/mol. The number of phenolic OH excluding ortho intramolecular Hbond substituents is 1. The van der Waals surface area contributed by atoms with Gasteiger partial charge >= 0.3 is 6.09 Å². The van der Waals surface area contributed by atoms with Crippen LogP contribution in [0.2, 0.25) is 0 Å². The number of fused-ring (bicyclic) bond motifs is 1. The molecular formula is C18H27NO3. The molecule has 0 fully saturated rings. The SMILES string of the molecule is CCCN(C(=O)OC(C)(C)C)[C@H]1CCc2c(O)cccc2C1. The Labute approximate surface area is 133 Å². The third-order valence-electron chi connectivity index (χ3n) is 3.96. The second-order valence-corrected chi connectivity index (χ2v) is 6.99. The van der Waals surface area contributed by atoms with Gasteiger partial charge < -0.3 is 14.7 Å². The summed E-state index contributed by atoms with van der Waals surface area (Å²) in [5.41, 5.74) is 1.69. The normalized spacial score (nSPS) is 17.7. The maximum Gasteiger partial charge on any atom is 0.410 e. The summed E-state index contributed by atoms with van der Waals surface area (Å²) in [5.74, 6) is 0.371. The van der Waals surface area contributed by atoms with Gasteiger partial charge in [0.1, 0.15) is 11.4 Å². The maximum absolute atomic E-state index is 12.5. The summed E-state index contributed by atoms with van der Waals surface area (Å²) in [6.45, 7) is 8.45. The molecule has 0 bridgehead atoms. The number of nitrogens with zero attached hydrogens (tertiary/aromatic N) is 1. The van der Waals surface area contributed by atoms with Gasteiger partial charge in [0.2, 0.25) is 0 Å². The Hall–Kier alpha value is -1.71. The molecule has 1 aliphatic rings. The molecule has 122 valence electrons. The number of aromatic hydroxyl groups is 1. The number of hydrogen-bond acceptors (Lipinski definition) is 3. The van der Waals surface area contributed by atoms with Crippen LogP contribution >= 0.6 is 0 Å². The van der Waals surface area contributed by atoms with Crippen molar-refractivity contribution < 1.29 is 14.6 Å². The van der Waals surface area contributed by atoms with Gasteiger partial charge in [0.15, 0.2) is 0 Å². The molecule has 2 rings (SSSR count). The van der Waals surface area contributed by atoms with Crippen LogP contribution in [-0.2, 0) is 17.6 Å². The predicted octanol–water partition coefficient (Wildman–Crippen LogP) is 3.90. The molecule has 0 unspecified atom stereocenters. The number of hydrogen-bond donors (Lipinski definition) is 1. The molecule has 1 aromatic carbocycles. The Morgan fingerprint density at radius 1 is 1.41 bits per heavy atom. The smallest absolute Gasteiger partial charge is 0.410 e. The third-order valence-corrected chi connectivity index (χ3v) is 3.96. The van der Waals surface area contributed by atoms with E-state index in [9.17, 15) is 9.90 Å². The Bertz CT molecular complexity index is 534. The first kappa shape index (κ1) is 16.7. The van der Waals surface area contributed by atoms with Crippen LogP contribution < -0.4 is 0 Å². The predicted molar refractivity (Wildman–Crippen MR) is 87.2 cm³/mol. The van der Waals surface area contributed by atoms with Crippen molar-refractivity contribution in [3.8, 4) is 5.75 Å². The molecular weight excluding hydrogens is 278 g/mol. The summed E-state index contributed by atoms with van der Waals surface area (Å²) in [4.78, 5) is 14.3. The fraction of sp³-hybridized carbons (Fsp3) is 0.611. The topological polar surface area (TPSA) is 49.8 Å². The largest absolute Gasteiger partial charge is 0.508 e. The fourth-order valence-corrected chi connectivity index (χ4v) is 3.02. The maximum atomic E-state index is 12.5. The molecule has 1 amide bonds. The third kappa shape index (κ3) is 3.93. The number of carbonyl (C=O) groups is 1. The number of phenols is 1. The summed E-state index contributed by atoms with van der Waals surface area (Å²) in [6.07, 6.45) is 3.12. The molecule has 4 heteroatoms. The highest BCUT2D eigenvalue weighted by atomic mass is 16.6. The summed E-state index contributed by atoms with van der Waals surface area (Å²) in [7, 11) is 0. The van der Waals surface area contributed by atoms with Crippen molar-refractivity contribution in [1.82, 2.24) is 4.90 Å². The van der Waals surface area contributed by atoms with E-state index in [1.165, 1.54) is 0 Å². The van der Waals surface area contributed by atoms with E-state index in [1.807, 2.05) is 37.8 Å². The number of ether oxygens (including phenoxy) is 1. The number of benzene rings is 1. The van der Waals surface area contributed by atoms with Gasteiger partial charge in [-0.05, 0) is 63.6 Å². The average molecular weight is 305 g/mol. The van der Waals surface area contributed by atoms with Crippen LogP contribution in [0.15, 0.2) is 18.2 Å². The Balaban J connectivity index is 2.15. The zero-order valence-corrected chi connectivity index (χ0v) is 14.1. The standard InChI is InChI=1S/C18H27NO3/c1-5-11-19(17(21)22-18(2,3)4)14-9-10-15-13(12-14)7-6-8-16(15)20/h6-8,14,20H,5,9-12H2,1-4H3/t14-/m0/s1. The summed E-state index contributed by atoms with van der Waals surface area (Å²) in [5, 5.41) is 9.94. The molecule has 0 saturated heterocycles. The van der Waals surface area contributed by atoms with E-state index in [2.05, 4.69) is 6.92 Å². The lowest BCUT2D eigenvalue weighted by Crippen LogP contribution is -2.46. The first-order chi connectivity index (χ1) is 10.3. The van der Waals surface area contributed by atoms with Gasteiger partial charge in [0.25, 0.3) is 0 Å². The van der Waals surface area contributed by atoms with Gasteiger partial charge in [-0.15, -0.1) is 0 Å². The molecule has 0 radical (unpaired) electrons. The van der Waals surface area contributed by atoms with E-state index in [4.69, 9.17) is 4.74 Å². The zero-order chi connectivity index (χ0) is 16.3. The highest BCUT2D eigenvalue weighted by molar-refractivity contribution is 5.68. The first-order valence-electron chi connectivity index (χ1n) is 8.11. The minimum Gasteiger partial charge on any atom is -0.508 e. The van der Waals surface area contributed by atoms with Crippen LogP contribution in [0.5, 0.6) is 5.75 Å². The van der Waals surface area contributed by atoms with E-state index in [-0.39, 0.29) is 12.1 Å². The fourth-order valence-electron chi connectivity index (χ4n) is 3.02. The lowest BCUT2D eigenvalue weighted by atomic mass is 9.87. The highest BCUT2D eigenvalue weighted by Gasteiger charge is 2.31. The zero-order valence-electron chi connectivity index (χ0n) is 14.1. The second kappa shape index (κ2) is 6.59. The Kier molecular flexibility index (Phi) is 4.99. The molecule has 1 aromatic rings. The van der Waals surface area contributed by atoms with E-state index in [0.29, 0.717) is 12.3 Å². The van der Waals surface area contributed by atoms with Gasteiger partial charge in [0, 0.05) is 12.6 Å². The number of carbonyl (C=O) groups excluding carboxylic acids is 1. The minimum absolute atomic E-state index is 0.143. The summed E-state index contributed by atoms with van der Waals surface area (Å²) < 4.78 is 5.55. The molecule has 1 aliphatic carbocycles. The van der Waals surface area contributed by atoms with Gasteiger partial charge in [-0.2, -0.15) is 0 Å². The molecule has 4 nitrogen and oxygen atoms in total. The molecule has 1 N–H and O–H groups in total. The van der Waals surface area contributed by atoms with Crippen LogP contribution in [0.3, 0.4) is 0 Å². The molecule has 0 aliphatic heterocycles. The lowest BCUT2D eigenvalue weighted by molar-refractivity contribution is 0.0146. The molecule has 0 spiro atoms. The van der Waals surface area contributed by atoms with Crippen molar-refractivity contribution in [2.75, 3.05) is 6.54 Å². The molecule has 0 heterocycles. The Morgan fingerprint density at radius 3 is 2.77 bits per heavy atom. The van der Waals surface area contributed by atoms with Gasteiger partial charge in [-0.25, -0.2) is 4.79 Å². The van der Waals surface area contributed by atoms with Crippen LogP contribution in [0.1, 0.15) is 51.7 Å². The molecule has 0 saturated carbocycles. The highest BCUT2D eigenvalue weighted by Crippen LogP contribution is 2.31. The van der Waals surface area contributed by atoms with Gasteiger partial charge in [-0.1, -0.05) is 19.1 Å². The van der Waals surface area contributed by atoms with Crippen molar-refractivity contribution in [1.29, 1.82) is 0 Å². The summed E-state index contributed by atoms with van der Waals surface area (Å²) >= 11 is 0. The van der Waals surface area contributed by atoms with Crippen molar-refractivity contribution in [2.24, 2.45) is 0 Å². The van der Waals surface area contributed by atoms with Crippen LogP contribution in [0.25, 0.3) is 0 Å². The van der Waals surface area contributed by atoms with Crippen LogP contribution in [-0.4, -0.2) is 34.3 Å². The second-order valence-electron chi connectivity index (χ2n) is 6.99. The van der Waals surface area contributed by atoms with Crippen LogP contribution in [0, 0.1) is 0 Å². The Morgan fingerprint density at radius 2 is 2.14 bits per heavy atom. The van der Waals surface area contributed by atoms with E-state index in [1.54, 1.807) is 6.07 Å². The van der Waals surface area contributed by atoms with Gasteiger partial charge in [0.05, 0.1) is 0 Å². The summed E-state index contributed by atoms with van der Waals surface area (Å²) in [6, 6.07) is 5.79. The van der Waals surface area contributed by atoms with E-state index < -0.39 is 5.60 Å². The van der Waals surface area contributed by atoms with E-state index >= 15 is 0 Å². The average Bonchev–Trinajstić information content (AvgIpc) is 2.42. The minimum atomic E-state index is -0.478. The first-order valence-corrected chi connectivity index (χ1v) is 8.11. The number of rotatable bonds is 3. The lowest BCUT2D eigenvalue weighted by Gasteiger charge is -2.36. The van der Waals surface area contributed by atoms with Gasteiger partial charge in [-0.3, -0.25) is 0 Å². The quantitative estimate of drug-likeness (QED) is 0.921. The molecule has 1 atom stereocenters. The van der Waals surface area contributed by atoms with Crippen molar-refractivity contribution in [3.05, 3.63) is 29.3 Å². The van der Waals surface area contributed by atoms with Crippen molar-refractivity contribution in [2.45, 2.75) is 65.0 Å². The number of amides is 1. The van der Waals surface area contributed by atoms with E-state index in [0.717, 1.165) is 36.8 Å². The van der Waals surface area contributed by atoms with Crippen molar-refractivity contribution >= 4 is 6.09 Å². The molecule has 22 heavy (non-hydrogen) atoms.